The van der Waals surface area contributed by atoms with Gasteiger partial charge >= 0.3 is 0 Å². The Labute approximate surface area is 94.3 Å². The van der Waals surface area contributed by atoms with Crippen LogP contribution in [0.5, 0.6) is 11.5 Å². The number of benzene rings is 1. The Hall–Kier alpha value is -1.30. The minimum atomic E-state index is -0.398. The van der Waals surface area contributed by atoms with Crippen LogP contribution >= 0.6 is 0 Å². The molecule has 88 valence electrons. The van der Waals surface area contributed by atoms with E-state index in [1.54, 1.807) is 14.2 Å². The van der Waals surface area contributed by atoms with Crippen molar-refractivity contribution in [3.05, 3.63) is 23.8 Å². The highest BCUT2D eigenvalue weighted by Crippen LogP contribution is 2.32. The summed E-state index contributed by atoms with van der Waals surface area (Å²) in [5, 5.41) is 3.09. The first-order valence-corrected chi connectivity index (χ1v) is 5.01. The molecule has 16 heavy (non-hydrogen) atoms. The first kappa shape index (κ1) is 11.2. The van der Waals surface area contributed by atoms with Crippen LogP contribution in [0, 0.1) is 0 Å². The highest BCUT2D eigenvalue weighted by atomic mass is 16.7. The first-order valence-electron chi connectivity index (χ1n) is 5.01. The van der Waals surface area contributed by atoms with Gasteiger partial charge < -0.3 is 18.9 Å². The molecule has 1 heterocycles. The molecule has 0 unspecified atom stereocenters. The van der Waals surface area contributed by atoms with Crippen LogP contribution in [0.15, 0.2) is 18.2 Å². The number of ether oxygens (including phenoxy) is 4. The van der Waals surface area contributed by atoms with E-state index in [-0.39, 0.29) is 0 Å². The maximum Gasteiger partial charge on any atom is 0.231 e. The minimum Gasteiger partial charge on any atom is -0.454 e. The fourth-order valence-corrected chi connectivity index (χ4v) is 1.51. The van der Waals surface area contributed by atoms with Gasteiger partial charge in [0.1, 0.15) is 0 Å². The molecule has 0 spiro atoms. The Morgan fingerprint density at radius 3 is 2.75 bits per heavy atom. The van der Waals surface area contributed by atoms with Crippen molar-refractivity contribution in [1.82, 2.24) is 5.32 Å². The van der Waals surface area contributed by atoms with E-state index >= 15 is 0 Å². The van der Waals surface area contributed by atoms with Gasteiger partial charge in [0.2, 0.25) is 13.2 Å². The molecule has 0 bridgehead atoms. The quantitative estimate of drug-likeness (QED) is 0.760. The average Bonchev–Trinajstić information content (AvgIpc) is 2.77. The molecule has 5 nitrogen and oxygen atoms in total. The van der Waals surface area contributed by atoms with Crippen LogP contribution in [-0.4, -0.2) is 27.4 Å². The van der Waals surface area contributed by atoms with Gasteiger partial charge in [0.25, 0.3) is 0 Å². The standard InChI is InChI=1S/C11H15NO4/c1-13-11(14-2)12-6-8-3-4-9-10(5-8)16-7-15-9/h3-5,11-12H,6-7H2,1-2H3. The third-order valence-electron chi connectivity index (χ3n) is 2.34. The van der Waals surface area contributed by atoms with Crippen molar-refractivity contribution in [1.29, 1.82) is 0 Å². The number of rotatable bonds is 5. The zero-order chi connectivity index (χ0) is 11.4. The molecule has 0 aliphatic carbocycles. The zero-order valence-electron chi connectivity index (χ0n) is 9.36. The number of hydrogen-bond donors (Lipinski definition) is 1. The van der Waals surface area contributed by atoms with Crippen LogP contribution in [0.3, 0.4) is 0 Å². The maximum absolute atomic E-state index is 5.29. The van der Waals surface area contributed by atoms with Crippen molar-refractivity contribution in [2.75, 3.05) is 21.0 Å². The summed E-state index contributed by atoms with van der Waals surface area (Å²) in [5.74, 6) is 1.57. The van der Waals surface area contributed by atoms with Gasteiger partial charge in [-0.2, -0.15) is 0 Å². The van der Waals surface area contributed by atoms with Gasteiger partial charge in [0, 0.05) is 20.8 Å². The van der Waals surface area contributed by atoms with E-state index in [4.69, 9.17) is 18.9 Å². The molecule has 0 saturated carbocycles. The third-order valence-corrected chi connectivity index (χ3v) is 2.34. The summed E-state index contributed by atoms with van der Waals surface area (Å²) in [6.45, 7) is 0.938. The highest BCUT2D eigenvalue weighted by molar-refractivity contribution is 5.44. The van der Waals surface area contributed by atoms with Crippen LogP contribution in [0.2, 0.25) is 0 Å². The second kappa shape index (κ2) is 5.16. The normalized spacial score (nSPS) is 13.4. The van der Waals surface area contributed by atoms with Crippen molar-refractivity contribution >= 4 is 0 Å². The summed E-state index contributed by atoms with van der Waals surface area (Å²) in [5.41, 5.74) is 1.09. The van der Waals surface area contributed by atoms with Crippen LogP contribution in [-0.2, 0) is 16.0 Å². The lowest BCUT2D eigenvalue weighted by Crippen LogP contribution is -2.31. The number of nitrogens with one attached hydrogen (secondary N) is 1. The number of hydrogen-bond acceptors (Lipinski definition) is 5. The SMILES string of the molecule is COC(NCc1ccc2c(c1)OCO2)OC. The zero-order valence-corrected chi connectivity index (χ0v) is 9.36. The predicted octanol–water partition coefficient (Wildman–Crippen LogP) is 1.08. The van der Waals surface area contributed by atoms with Crippen LogP contribution in [0.1, 0.15) is 5.56 Å². The lowest BCUT2D eigenvalue weighted by atomic mass is 10.2. The third kappa shape index (κ3) is 2.44. The second-order valence-corrected chi connectivity index (χ2v) is 3.37. The van der Waals surface area contributed by atoms with E-state index < -0.39 is 6.41 Å². The molecule has 0 radical (unpaired) electrons. The Morgan fingerprint density at radius 1 is 1.25 bits per heavy atom. The van der Waals surface area contributed by atoms with E-state index in [1.807, 2.05) is 18.2 Å². The van der Waals surface area contributed by atoms with Gasteiger partial charge in [-0.05, 0) is 17.7 Å². The summed E-state index contributed by atoms with van der Waals surface area (Å²) in [4.78, 5) is 0. The maximum atomic E-state index is 5.29. The first-order chi connectivity index (χ1) is 7.83. The lowest BCUT2D eigenvalue weighted by Gasteiger charge is -2.14. The Balaban J connectivity index is 1.95. The fraction of sp³-hybridized carbons (Fsp3) is 0.455. The molecule has 0 saturated heterocycles. The van der Waals surface area contributed by atoms with Crippen LogP contribution < -0.4 is 14.8 Å². The molecule has 1 aromatic carbocycles. The smallest absolute Gasteiger partial charge is 0.231 e. The molecule has 0 amide bonds. The van der Waals surface area contributed by atoms with Gasteiger partial charge in [0.05, 0.1) is 0 Å². The molecule has 2 rings (SSSR count). The molecule has 1 aromatic rings. The van der Waals surface area contributed by atoms with Crippen molar-refractivity contribution < 1.29 is 18.9 Å². The van der Waals surface area contributed by atoms with Gasteiger partial charge in [-0.1, -0.05) is 6.07 Å². The summed E-state index contributed by atoms with van der Waals surface area (Å²) in [6.07, 6.45) is -0.398. The van der Waals surface area contributed by atoms with Gasteiger partial charge in [-0.25, -0.2) is 0 Å². The molecule has 0 fully saturated rings. The molecular formula is C11H15NO4. The van der Waals surface area contributed by atoms with Gasteiger partial charge in [-0.15, -0.1) is 0 Å². The van der Waals surface area contributed by atoms with Crippen LogP contribution in [0.4, 0.5) is 0 Å². The van der Waals surface area contributed by atoms with Crippen molar-refractivity contribution in [2.24, 2.45) is 0 Å². The van der Waals surface area contributed by atoms with Gasteiger partial charge in [-0.3, -0.25) is 5.32 Å². The van der Waals surface area contributed by atoms with Crippen molar-refractivity contribution in [3.8, 4) is 11.5 Å². The topological polar surface area (TPSA) is 49.0 Å². The number of methoxy groups -OCH3 is 2. The van der Waals surface area contributed by atoms with Crippen LogP contribution in [0.25, 0.3) is 0 Å². The Morgan fingerprint density at radius 2 is 2.00 bits per heavy atom. The van der Waals surface area contributed by atoms with Crippen molar-refractivity contribution in [2.45, 2.75) is 13.0 Å². The molecule has 1 N–H and O–H groups in total. The summed E-state index contributed by atoms with van der Waals surface area (Å²) in [7, 11) is 3.17. The number of fused-ring (bicyclic) bond motifs is 1. The Kier molecular flexibility index (Phi) is 3.61. The molecule has 5 heteroatoms. The molecule has 0 aromatic heterocycles. The largest absolute Gasteiger partial charge is 0.454 e. The van der Waals surface area contributed by atoms with Crippen molar-refractivity contribution in [3.63, 3.8) is 0 Å². The Bertz CT molecular complexity index is 352. The summed E-state index contributed by atoms with van der Waals surface area (Å²) in [6, 6.07) is 5.81. The minimum absolute atomic E-state index is 0.297. The van der Waals surface area contributed by atoms with E-state index in [0.717, 1.165) is 17.1 Å². The lowest BCUT2D eigenvalue weighted by molar-refractivity contribution is -0.124. The van der Waals surface area contributed by atoms with E-state index in [9.17, 15) is 0 Å². The molecule has 1 aliphatic rings. The highest BCUT2D eigenvalue weighted by Gasteiger charge is 2.13. The average molecular weight is 225 g/mol. The van der Waals surface area contributed by atoms with E-state index in [0.29, 0.717) is 13.3 Å². The fourth-order valence-electron chi connectivity index (χ4n) is 1.51. The predicted molar refractivity (Wildman–Crippen MR) is 57.2 cm³/mol. The summed E-state index contributed by atoms with van der Waals surface area (Å²) >= 11 is 0. The van der Waals surface area contributed by atoms with Gasteiger partial charge in [0.15, 0.2) is 11.5 Å². The second-order valence-electron chi connectivity index (χ2n) is 3.37. The van der Waals surface area contributed by atoms with E-state index in [1.165, 1.54) is 0 Å². The molecule has 1 aliphatic heterocycles. The summed E-state index contributed by atoms with van der Waals surface area (Å²) < 4.78 is 20.6. The molecule has 0 atom stereocenters. The van der Waals surface area contributed by atoms with E-state index in [2.05, 4.69) is 5.32 Å². The monoisotopic (exact) mass is 225 g/mol. The molecular weight excluding hydrogens is 210 g/mol.